The second-order valence-corrected chi connectivity index (χ2v) is 2.88. The molecule has 0 spiro atoms. The summed E-state index contributed by atoms with van der Waals surface area (Å²) in [6.07, 6.45) is 5.75. The Morgan fingerprint density at radius 3 is 3.25 bits per heavy atom. The van der Waals surface area contributed by atoms with Crippen molar-refractivity contribution in [2.24, 2.45) is 0 Å². The van der Waals surface area contributed by atoms with Gasteiger partial charge in [0.25, 0.3) is 0 Å². The highest BCUT2D eigenvalue weighted by Gasteiger charge is 1.92. The smallest absolute Gasteiger partial charge is 0.231 e. The van der Waals surface area contributed by atoms with E-state index < -0.39 is 4.92 Å². The molecule has 0 amide bonds. The first kappa shape index (κ1) is 8.79. The summed E-state index contributed by atoms with van der Waals surface area (Å²) in [4.78, 5) is 16.2. The highest BCUT2D eigenvalue weighted by molar-refractivity contribution is 7.99. The van der Waals surface area contributed by atoms with Crippen LogP contribution in [0.5, 0.6) is 0 Å². The highest BCUT2D eigenvalue weighted by atomic mass is 32.2. The summed E-state index contributed by atoms with van der Waals surface area (Å²) in [5.74, 6) is 0.550. The van der Waals surface area contributed by atoms with Gasteiger partial charge in [0, 0.05) is 18.1 Å². The molecule has 0 aromatic carbocycles. The van der Waals surface area contributed by atoms with Crippen LogP contribution in [0.2, 0.25) is 0 Å². The lowest BCUT2D eigenvalue weighted by Crippen LogP contribution is -1.83. The highest BCUT2D eigenvalue weighted by Crippen LogP contribution is 2.10. The van der Waals surface area contributed by atoms with Gasteiger partial charge in [-0.25, -0.2) is 4.98 Å². The van der Waals surface area contributed by atoms with E-state index in [1.165, 1.54) is 17.8 Å². The Balaban J connectivity index is 2.23. The Hall–Kier alpha value is -1.30. The molecule has 0 bridgehead atoms. The molecular formula is C6H7N3O2S. The number of rotatable bonds is 4. The third-order valence-corrected chi connectivity index (χ3v) is 1.87. The zero-order valence-electron chi connectivity index (χ0n) is 6.14. The number of aromatic amines is 1. The molecule has 64 valence electrons. The number of nitrogens with one attached hydrogen (secondary N) is 1. The molecule has 0 aliphatic carbocycles. The van der Waals surface area contributed by atoms with Crippen molar-refractivity contribution < 1.29 is 4.92 Å². The maximum Gasteiger partial charge on any atom is 0.231 e. The Bertz CT molecular complexity index is 270. The molecule has 5 nitrogen and oxygen atoms in total. The standard InChI is InChI=1S/C6H7N3O2S/c10-9(11)4-1-5-12-6-7-2-3-8-6/h1-4H,5H2,(H,7,8). The van der Waals surface area contributed by atoms with Crippen molar-refractivity contribution in [1.29, 1.82) is 0 Å². The molecule has 1 rings (SSSR count). The van der Waals surface area contributed by atoms with E-state index in [2.05, 4.69) is 9.97 Å². The minimum absolute atomic E-state index is 0.483. The average Bonchev–Trinajstić information content (AvgIpc) is 2.49. The van der Waals surface area contributed by atoms with E-state index in [4.69, 9.17) is 0 Å². The van der Waals surface area contributed by atoms with E-state index >= 15 is 0 Å². The average molecular weight is 185 g/mol. The number of nitrogens with zero attached hydrogens (tertiary/aromatic N) is 2. The van der Waals surface area contributed by atoms with Crippen LogP contribution in [0, 0.1) is 10.1 Å². The van der Waals surface area contributed by atoms with E-state index in [9.17, 15) is 10.1 Å². The lowest BCUT2D eigenvalue weighted by atomic mass is 10.7. The van der Waals surface area contributed by atoms with Gasteiger partial charge in [-0.15, -0.1) is 0 Å². The lowest BCUT2D eigenvalue weighted by Gasteiger charge is -1.87. The molecule has 0 saturated carbocycles. The third-order valence-electron chi connectivity index (χ3n) is 1.02. The van der Waals surface area contributed by atoms with Crippen LogP contribution in [0.4, 0.5) is 0 Å². The first-order chi connectivity index (χ1) is 5.79. The molecule has 0 fully saturated rings. The fourth-order valence-corrected chi connectivity index (χ4v) is 1.21. The Morgan fingerprint density at radius 2 is 2.67 bits per heavy atom. The first-order valence-electron chi connectivity index (χ1n) is 3.21. The van der Waals surface area contributed by atoms with Crippen LogP contribution < -0.4 is 0 Å². The summed E-state index contributed by atoms with van der Waals surface area (Å²) in [5.41, 5.74) is 0. The van der Waals surface area contributed by atoms with Crippen LogP contribution in [-0.4, -0.2) is 20.6 Å². The number of hydrogen-bond donors (Lipinski definition) is 1. The molecule has 1 heterocycles. The van der Waals surface area contributed by atoms with E-state index in [-0.39, 0.29) is 0 Å². The number of imidazole rings is 1. The van der Waals surface area contributed by atoms with Gasteiger partial charge in [0.05, 0.1) is 4.92 Å². The first-order valence-corrected chi connectivity index (χ1v) is 4.20. The molecule has 0 saturated heterocycles. The summed E-state index contributed by atoms with van der Waals surface area (Å²) < 4.78 is 0. The van der Waals surface area contributed by atoms with Gasteiger partial charge >= 0.3 is 0 Å². The fraction of sp³-hybridized carbons (Fsp3) is 0.167. The van der Waals surface area contributed by atoms with Crippen LogP contribution in [0.15, 0.2) is 29.8 Å². The van der Waals surface area contributed by atoms with Crippen LogP contribution in [0.3, 0.4) is 0 Å². The lowest BCUT2D eigenvalue weighted by molar-refractivity contribution is -0.402. The number of nitro groups is 1. The van der Waals surface area contributed by atoms with Crippen molar-refractivity contribution in [3.8, 4) is 0 Å². The SMILES string of the molecule is O=[N+]([O-])C=CCSc1ncc[nH]1. The van der Waals surface area contributed by atoms with Gasteiger partial charge in [-0.1, -0.05) is 11.8 Å². The normalized spacial score (nSPS) is 10.7. The fourth-order valence-electron chi connectivity index (χ4n) is 0.586. The van der Waals surface area contributed by atoms with Crippen LogP contribution in [0.25, 0.3) is 0 Å². The molecule has 0 aliphatic heterocycles. The summed E-state index contributed by atoms with van der Waals surface area (Å²) in [6, 6.07) is 0. The molecule has 1 N–H and O–H groups in total. The van der Waals surface area contributed by atoms with Gasteiger partial charge in [-0.05, 0) is 6.08 Å². The van der Waals surface area contributed by atoms with Gasteiger partial charge in [-0.2, -0.15) is 0 Å². The summed E-state index contributed by atoms with van der Waals surface area (Å²) in [7, 11) is 0. The van der Waals surface area contributed by atoms with Gasteiger partial charge in [-0.3, -0.25) is 10.1 Å². The molecule has 0 radical (unpaired) electrons. The second kappa shape index (κ2) is 4.55. The third kappa shape index (κ3) is 3.20. The van der Waals surface area contributed by atoms with Crippen LogP contribution >= 0.6 is 11.8 Å². The number of aromatic nitrogens is 2. The molecule has 0 unspecified atom stereocenters. The number of H-pyrrole nitrogens is 1. The maximum absolute atomic E-state index is 9.85. The number of hydrogen-bond acceptors (Lipinski definition) is 4. The Kier molecular flexibility index (Phi) is 3.34. The summed E-state index contributed by atoms with van der Waals surface area (Å²) >= 11 is 1.41. The molecule has 0 aliphatic rings. The van der Waals surface area contributed by atoms with E-state index in [1.807, 2.05) is 0 Å². The van der Waals surface area contributed by atoms with Crippen molar-refractivity contribution in [2.75, 3.05) is 5.75 Å². The van der Waals surface area contributed by atoms with Crippen molar-refractivity contribution in [3.63, 3.8) is 0 Å². The second-order valence-electron chi connectivity index (χ2n) is 1.88. The van der Waals surface area contributed by atoms with Crippen molar-refractivity contribution in [1.82, 2.24) is 9.97 Å². The molecular weight excluding hydrogens is 178 g/mol. The zero-order chi connectivity index (χ0) is 8.81. The maximum atomic E-state index is 9.85. The Morgan fingerprint density at radius 1 is 1.83 bits per heavy atom. The van der Waals surface area contributed by atoms with E-state index in [0.717, 1.165) is 11.4 Å². The van der Waals surface area contributed by atoms with Gasteiger partial charge in [0.2, 0.25) is 6.20 Å². The monoisotopic (exact) mass is 185 g/mol. The number of thioether (sulfide) groups is 1. The molecule has 1 aromatic heterocycles. The molecule has 6 heteroatoms. The Labute approximate surface area is 73.0 Å². The van der Waals surface area contributed by atoms with Gasteiger partial charge in [0.15, 0.2) is 5.16 Å². The molecule has 1 aromatic rings. The van der Waals surface area contributed by atoms with Gasteiger partial charge < -0.3 is 4.98 Å². The van der Waals surface area contributed by atoms with Crippen molar-refractivity contribution in [3.05, 3.63) is 34.8 Å². The van der Waals surface area contributed by atoms with Crippen molar-refractivity contribution in [2.45, 2.75) is 5.16 Å². The summed E-state index contributed by atoms with van der Waals surface area (Å²) in [6.45, 7) is 0. The van der Waals surface area contributed by atoms with Crippen LogP contribution in [-0.2, 0) is 0 Å². The quantitative estimate of drug-likeness (QED) is 0.436. The molecule has 0 atom stereocenters. The zero-order valence-corrected chi connectivity index (χ0v) is 6.95. The minimum Gasteiger partial charge on any atom is -0.340 e. The van der Waals surface area contributed by atoms with Crippen molar-refractivity contribution >= 4 is 11.8 Å². The predicted octanol–water partition coefficient (Wildman–Crippen LogP) is 1.29. The topological polar surface area (TPSA) is 71.8 Å². The minimum atomic E-state index is -0.483. The molecule has 12 heavy (non-hydrogen) atoms. The van der Waals surface area contributed by atoms with Crippen LogP contribution in [0.1, 0.15) is 0 Å². The van der Waals surface area contributed by atoms with E-state index in [1.54, 1.807) is 12.4 Å². The largest absolute Gasteiger partial charge is 0.340 e. The summed E-state index contributed by atoms with van der Waals surface area (Å²) in [5, 5.41) is 10.6. The predicted molar refractivity (Wildman–Crippen MR) is 45.4 cm³/mol. The van der Waals surface area contributed by atoms with Gasteiger partial charge in [0.1, 0.15) is 0 Å². The van der Waals surface area contributed by atoms with E-state index in [0.29, 0.717) is 5.75 Å².